The molecule has 0 bridgehead atoms. The maximum absolute atomic E-state index is 12.6. The molecular weight excluding hydrogens is 332 g/mol. The minimum atomic E-state index is -0.176. The van der Waals surface area contributed by atoms with Crippen LogP contribution in [0.25, 0.3) is 17.0 Å². The van der Waals surface area contributed by atoms with Gasteiger partial charge >= 0.3 is 0 Å². The lowest BCUT2D eigenvalue weighted by atomic mass is 10.1. The highest BCUT2D eigenvalue weighted by Crippen LogP contribution is 2.34. The number of hydrogen-bond acceptors (Lipinski definition) is 3. The summed E-state index contributed by atoms with van der Waals surface area (Å²) in [7, 11) is 0. The Bertz CT molecular complexity index is 848. The van der Waals surface area contributed by atoms with Crippen molar-refractivity contribution in [2.75, 3.05) is 6.54 Å². The molecule has 1 aliphatic heterocycles. The van der Waals surface area contributed by atoms with E-state index in [0.717, 1.165) is 34.8 Å². The van der Waals surface area contributed by atoms with Gasteiger partial charge in [-0.2, -0.15) is 0 Å². The molecule has 25 heavy (non-hydrogen) atoms. The van der Waals surface area contributed by atoms with E-state index in [1.807, 2.05) is 32.1 Å². The van der Waals surface area contributed by atoms with E-state index in [4.69, 9.17) is 0 Å². The van der Waals surface area contributed by atoms with Crippen molar-refractivity contribution < 1.29 is 9.59 Å². The highest BCUT2D eigenvalue weighted by molar-refractivity contribution is 8.18. The summed E-state index contributed by atoms with van der Waals surface area (Å²) in [5.41, 5.74) is 2.15. The van der Waals surface area contributed by atoms with Crippen LogP contribution in [-0.2, 0) is 11.3 Å². The van der Waals surface area contributed by atoms with Gasteiger partial charge < -0.3 is 4.57 Å². The van der Waals surface area contributed by atoms with Crippen molar-refractivity contribution in [2.45, 2.75) is 34.2 Å². The number of fused-ring (bicyclic) bond motifs is 1. The van der Waals surface area contributed by atoms with Gasteiger partial charge in [0.1, 0.15) is 0 Å². The minimum absolute atomic E-state index is 0.170. The van der Waals surface area contributed by atoms with E-state index >= 15 is 0 Å². The van der Waals surface area contributed by atoms with Gasteiger partial charge in [0.05, 0.1) is 4.91 Å². The third-order valence-electron chi connectivity index (χ3n) is 4.09. The summed E-state index contributed by atoms with van der Waals surface area (Å²) in [6, 6.07) is 8.19. The van der Waals surface area contributed by atoms with E-state index in [9.17, 15) is 9.59 Å². The van der Waals surface area contributed by atoms with Crippen LogP contribution in [0.15, 0.2) is 35.4 Å². The number of hydrogen-bond donors (Lipinski definition) is 0. The summed E-state index contributed by atoms with van der Waals surface area (Å²) in [6.45, 7) is 9.77. The molecule has 0 aliphatic carbocycles. The van der Waals surface area contributed by atoms with Gasteiger partial charge in [-0.1, -0.05) is 45.9 Å². The van der Waals surface area contributed by atoms with Gasteiger partial charge in [-0.15, -0.1) is 0 Å². The maximum Gasteiger partial charge on any atom is 0.293 e. The van der Waals surface area contributed by atoms with Crippen LogP contribution in [0, 0.1) is 11.8 Å². The molecule has 2 amide bonds. The Morgan fingerprint density at radius 1 is 1.04 bits per heavy atom. The topological polar surface area (TPSA) is 42.3 Å². The molecule has 0 saturated carbocycles. The van der Waals surface area contributed by atoms with E-state index in [2.05, 4.69) is 36.7 Å². The first-order valence-electron chi connectivity index (χ1n) is 8.70. The van der Waals surface area contributed by atoms with Gasteiger partial charge in [0.2, 0.25) is 0 Å². The summed E-state index contributed by atoms with van der Waals surface area (Å²) >= 11 is 1.04. The standard InChI is InChI=1S/C20H24N2O2S/c1-13(2)10-21-12-15(16-7-5-6-8-17(16)21)9-18-19(23)22(11-14(3)4)20(24)25-18/h5-9,12-14H,10-11H2,1-4H3/b18-9-. The fraction of sp³-hybridized carbons (Fsp3) is 0.400. The van der Waals surface area contributed by atoms with E-state index in [1.54, 1.807) is 0 Å². The Balaban J connectivity index is 1.99. The fourth-order valence-corrected chi connectivity index (χ4v) is 3.94. The van der Waals surface area contributed by atoms with Crippen LogP contribution in [0.4, 0.5) is 4.79 Å². The Labute approximate surface area is 152 Å². The van der Waals surface area contributed by atoms with Crippen LogP contribution in [-0.4, -0.2) is 27.2 Å². The number of rotatable bonds is 5. The van der Waals surface area contributed by atoms with Crippen molar-refractivity contribution in [3.63, 3.8) is 0 Å². The van der Waals surface area contributed by atoms with E-state index < -0.39 is 0 Å². The van der Waals surface area contributed by atoms with Crippen LogP contribution in [0.1, 0.15) is 33.3 Å². The van der Waals surface area contributed by atoms with Gasteiger partial charge in [-0.3, -0.25) is 14.5 Å². The molecule has 2 aromatic rings. The Hall–Kier alpha value is -2.01. The van der Waals surface area contributed by atoms with Crippen LogP contribution >= 0.6 is 11.8 Å². The second kappa shape index (κ2) is 7.08. The monoisotopic (exact) mass is 356 g/mol. The van der Waals surface area contributed by atoms with Gasteiger partial charge in [0, 0.05) is 35.8 Å². The zero-order valence-electron chi connectivity index (χ0n) is 15.2. The Kier molecular flexibility index (Phi) is 5.04. The quantitative estimate of drug-likeness (QED) is 0.709. The summed E-state index contributed by atoms with van der Waals surface area (Å²) in [5.74, 6) is 0.618. The number of imide groups is 1. The van der Waals surface area contributed by atoms with Crippen molar-refractivity contribution in [2.24, 2.45) is 11.8 Å². The smallest absolute Gasteiger partial charge is 0.293 e. The molecule has 0 spiro atoms. The maximum atomic E-state index is 12.6. The van der Waals surface area contributed by atoms with Crippen LogP contribution in [0.2, 0.25) is 0 Å². The molecule has 0 radical (unpaired) electrons. The molecule has 132 valence electrons. The average Bonchev–Trinajstić information content (AvgIpc) is 3.00. The molecular formula is C20H24N2O2S. The SMILES string of the molecule is CC(C)CN1C(=O)S/C(=C\c2cn(CC(C)C)c3ccccc23)C1=O. The lowest BCUT2D eigenvalue weighted by Crippen LogP contribution is -2.31. The van der Waals surface area contributed by atoms with Crippen molar-refractivity contribution in [3.8, 4) is 0 Å². The number of carbonyl (C=O) groups is 2. The Morgan fingerprint density at radius 2 is 1.72 bits per heavy atom. The number of para-hydroxylation sites is 1. The predicted octanol–water partition coefficient (Wildman–Crippen LogP) is 4.99. The third-order valence-corrected chi connectivity index (χ3v) is 5.00. The van der Waals surface area contributed by atoms with Gasteiger partial charge in [0.15, 0.2) is 0 Å². The fourth-order valence-electron chi connectivity index (χ4n) is 3.10. The average molecular weight is 356 g/mol. The summed E-state index contributed by atoms with van der Waals surface area (Å²) in [5, 5.41) is 0.940. The van der Waals surface area contributed by atoms with E-state index in [1.165, 1.54) is 4.90 Å². The van der Waals surface area contributed by atoms with Gasteiger partial charge in [-0.05, 0) is 35.7 Å². The molecule has 3 rings (SSSR count). The molecule has 1 saturated heterocycles. The predicted molar refractivity (Wildman–Crippen MR) is 104 cm³/mol. The summed E-state index contributed by atoms with van der Waals surface area (Å²) in [4.78, 5) is 26.6. The molecule has 0 unspecified atom stereocenters. The second-order valence-electron chi connectivity index (χ2n) is 7.33. The number of benzene rings is 1. The Morgan fingerprint density at radius 3 is 2.40 bits per heavy atom. The normalized spacial score (nSPS) is 17.0. The number of carbonyl (C=O) groups excluding carboxylic acids is 2. The summed E-state index contributed by atoms with van der Waals surface area (Å²) in [6.07, 6.45) is 3.95. The number of nitrogens with zero attached hydrogens (tertiary/aromatic N) is 2. The van der Waals surface area contributed by atoms with E-state index in [-0.39, 0.29) is 17.1 Å². The molecule has 2 heterocycles. The lowest BCUT2D eigenvalue weighted by molar-refractivity contribution is -0.123. The van der Waals surface area contributed by atoms with Crippen molar-refractivity contribution in [3.05, 3.63) is 40.9 Å². The van der Waals surface area contributed by atoms with Crippen molar-refractivity contribution >= 4 is 39.9 Å². The number of amides is 2. The third kappa shape index (κ3) is 3.66. The van der Waals surface area contributed by atoms with Crippen LogP contribution in [0.3, 0.4) is 0 Å². The van der Waals surface area contributed by atoms with Gasteiger partial charge in [0.25, 0.3) is 11.1 Å². The lowest BCUT2D eigenvalue weighted by Gasteiger charge is -2.14. The van der Waals surface area contributed by atoms with Gasteiger partial charge in [-0.25, -0.2) is 0 Å². The highest BCUT2D eigenvalue weighted by atomic mass is 32.2. The number of aromatic nitrogens is 1. The largest absolute Gasteiger partial charge is 0.347 e. The zero-order chi connectivity index (χ0) is 18.1. The first kappa shape index (κ1) is 17.8. The first-order chi connectivity index (χ1) is 11.9. The minimum Gasteiger partial charge on any atom is -0.347 e. The molecule has 4 nitrogen and oxygen atoms in total. The molecule has 1 aromatic heterocycles. The second-order valence-corrected chi connectivity index (χ2v) is 8.33. The van der Waals surface area contributed by atoms with Crippen molar-refractivity contribution in [1.29, 1.82) is 0 Å². The summed E-state index contributed by atoms with van der Waals surface area (Å²) < 4.78 is 2.23. The molecule has 1 aliphatic rings. The van der Waals surface area contributed by atoms with Crippen molar-refractivity contribution in [1.82, 2.24) is 9.47 Å². The number of thioether (sulfide) groups is 1. The molecule has 5 heteroatoms. The van der Waals surface area contributed by atoms with E-state index in [0.29, 0.717) is 17.4 Å². The molecule has 1 fully saturated rings. The first-order valence-corrected chi connectivity index (χ1v) is 9.51. The molecule has 0 atom stereocenters. The van der Waals surface area contributed by atoms with Crippen LogP contribution in [0.5, 0.6) is 0 Å². The molecule has 0 N–H and O–H groups in total. The molecule has 1 aromatic carbocycles. The zero-order valence-corrected chi connectivity index (χ0v) is 16.0. The van der Waals surface area contributed by atoms with Crippen LogP contribution < -0.4 is 0 Å². The highest BCUT2D eigenvalue weighted by Gasteiger charge is 2.35.